The molecule has 88 valence electrons. The van der Waals surface area contributed by atoms with Gasteiger partial charge in [-0.25, -0.2) is 0 Å². The molecule has 0 aromatic carbocycles. The molecule has 0 heterocycles. The number of primary amides is 2. The van der Waals surface area contributed by atoms with Crippen LogP contribution in [0.1, 0.15) is 25.7 Å². The molecule has 0 aromatic heterocycles. The van der Waals surface area contributed by atoms with Gasteiger partial charge in [-0.1, -0.05) is 0 Å². The first-order valence-electron chi connectivity index (χ1n) is 4.47. The number of rotatable bonds is 7. The normalized spacial score (nSPS) is 13.5. The molecule has 0 fully saturated rings. The summed E-state index contributed by atoms with van der Waals surface area (Å²) in [5.74, 6) is -5.10. The highest BCUT2D eigenvalue weighted by atomic mass is 16.7. The number of aliphatic hydroxyl groups is 3. The lowest BCUT2D eigenvalue weighted by Crippen LogP contribution is -2.35. The Morgan fingerprint density at radius 3 is 2.07 bits per heavy atom. The summed E-state index contributed by atoms with van der Waals surface area (Å²) in [5.41, 5.74) is 9.85. The van der Waals surface area contributed by atoms with Crippen LogP contribution in [0.4, 0.5) is 0 Å². The standard InChI is InChI=1S/C8H16N2O5/c9-6(11)3-1-2-5(7(10)12)4-8(13,14)15/h5,13-15H,1-4H2,(H2,9,11)(H2,10,12). The van der Waals surface area contributed by atoms with Crippen molar-refractivity contribution in [2.45, 2.75) is 31.7 Å². The average Bonchev–Trinajstić information content (AvgIpc) is 1.99. The molecule has 7 N–H and O–H groups in total. The van der Waals surface area contributed by atoms with E-state index in [0.717, 1.165) is 0 Å². The molecule has 0 spiro atoms. The summed E-state index contributed by atoms with van der Waals surface area (Å²) in [4.78, 5) is 21.2. The molecular formula is C8H16N2O5. The van der Waals surface area contributed by atoms with Crippen LogP contribution in [0.2, 0.25) is 0 Å². The van der Waals surface area contributed by atoms with Gasteiger partial charge in [-0.3, -0.25) is 9.59 Å². The van der Waals surface area contributed by atoms with Gasteiger partial charge in [-0.05, 0) is 12.8 Å². The fourth-order valence-electron chi connectivity index (χ4n) is 1.20. The van der Waals surface area contributed by atoms with Crippen molar-refractivity contribution in [3.63, 3.8) is 0 Å². The Kier molecular flexibility index (Phi) is 5.20. The smallest absolute Gasteiger partial charge is 0.276 e. The van der Waals surface area contributed by atoms with Crippen molar-refractivity contribution in [3.8, 4) is 0 Å². The first-order valence-corrected chi connectivity index (χ1v) is 4.47. The van der Waals surface area contributed by atoms with Crippen molar-refractivity contribution in [2.24, 2.45) is 17.4 Å². The van der Waals surface area contributed by atoms with Crippen LogP contribution >= 0.6 is 0 Å². The van der Waals surface area contributed by atoms with E-state index >= 15 is 0 Å². The van der Waals surface area contributed by atoms with E-state index in [2.05, 4.69) is 0 Å². The molecular weight excluding hydrogens is 204 g/mol. The van der Waals surface area contributed by atoms with Gasteiger partial charge in [0, 0.05) is 18.8 Å². The van der Waals surface area contributed by atoms with Crippen molar-refractivity contribution in [3.05, 3.63) is 0 Å². The highest BCUT2D eigenvalue weighted by Gasteiger charge is 2.27. The number of carbonyl (C=O) groups excluding carboxylic acids is 2. The zero-order valence-corrected chi connectivity index (χ0v) is 8.22. The van der Waals surface area contributed by atoms with E-state index in [-0.39, 0.29) is 12.8 Å². The Bertz CT molecular complexity index is 236. The summed E-state index contributed by atoms with van der Waals surface area (Å²) in [6, 6.07) is 0. The third kappa shape index (κ3) is 7.86. The van der Waals surface area contributed by atoms with E-state index in [4.69, 9.17) is 26.8 Å². The molecule has 0 bridgehead atoms. The van der Waals surface area contributed by atoms with Gasteiger partial charge in [0.05, 0.1) is 0 Å². The molecule has 0 aliphatic rings. The predicted molar refractivity (Wildman–Crippen MR) is 49.7 cm³/mol. The third-order valence-corrected chi connectivity index (χ3v) is 1.90. The first-order chi connectivity index (χ1) is 6.72. The number of carbonyl (C=O) groups is 2. The minimum atomic E-state index is -2.92. The highest BCUT2D eigenvalue weighted by Crippen LogP contribution is 2.17. The van der Waals surface area contributed by atoms with Crippen LogP contribution in [0.5, 0.6) is 0 Å². The van der Waals surface area contributed by atoms with Gasteiger partial charge >= 0.3 is 0 Å². The summed E-state index contributed by atoms with van der Waals surface area (Å²) in [6.45, 7) is 0. The molecule has 2 amide bonds. The molecule has 0 rings (SSSR count). The maximum Gasteiger partial charge on any atom is 0.276 e. The summed E-state index contributed by atoms with van der Waals surface area (Å²) in [5, 5.41) is 26.0. The molecule has 7 nitrogen and oxygen atoms in total. The van der Waals surface area contributed by atoms with E-state index in [1.54, 1.807) is 0 Å². The van der Waals surface area contributed by atoms with E-state index in [1.807, 2.05) is 0 Å². The van der Waals surface area contributed by atoms with Crippen molar-refractivity contribution in [1.29, 1.82) is 0 Å². The summed E-state index contributed by atoms with van der Waals surface area (Å²) in [7, 11) is 0. The van der Waals surface area contributed by atoms with Gasteiger partial charge in [0.25, 0.3) is 5.97 Å². The predicted octanol–water partition coefficient (Wildman–Crippen LogP) is -2.24. The fraction of sp³-hybridized carbons (Fsp3) is 0.750. The minimum Gasteiger partial charge on any atom is -0.370 e. The van der Waals surface area contributed by atoms with E-state index in [0.29, 0.717) is 6.42 Å². The largest absolute Gasteiger partial charge is 0.370 e. The molecule has 0 aliphatic carbocycles. The molecule has 0 aromatic rings. The van der Waals surface area contributed by atoms with Crippen LogP contribution in [0.3, 0.4) is 0 Å². The van der Waals surface area contributed by atoms with Crippen molar-refractivity contribution < 1.29 is 24.9 Å². The second kappa shape index (κ2) is 5.64. The number of hydrogen-bond donors (Lipinski definition) is 5. The summed E-state index contributed by atoms with van der Waals surface area (Å²) < 4.78 is 0. The van der Waals surface area contributed by atoms with E-state index in [1.165, 1.54) is 0 Å². The van der Waals surface area contributed by atoms with Crippen LogP contribution in [0.15, 0.2) is 0 Å². The molecule has 0 saturated carbocycles. The van der Waals surface area contributed by atoms with Crippen molar-refractivity contribution >= 4 is 11.8 Å². The Balaban J connectivity index is 4.06. The zero-order valence-electron chi connectivity index (χ0n) is 8.22. The number of amides is 2. The molecule has 7 heteroatoms. The van der Waals surface area contributed by atoms with Crippen LogP contribution < -0.4 is 11.5 Å². The molecule has 15 heavy (non-hydrogen) atoms. The van der Waals surface area contributed by atoms with Gasteiger partial charge in [0.1, 0.15) is 0 Å². The Hall–Kier alpha value is -1.18. The number of nitrogens with two attached hydrogens (primary N) is 2. The maximum atomic E-state index is 10.8. The van der Waals surface area contributed by atoms with Gasteiger partial charge in [-0.2, -0.15) is 0 Å². The lowest BCUT2D eigenvalue weighted by Gasteiger charge is -2.19. The second-order valence-electron chi connectivity index (χ2n) is 3.44. The Labute approximate surface area is 86.7 Å². The van der Waals surface area contributed by atoms with Crippen LogP contribution in [0.25, 0.3) is 0 Å². The molecule has 1 unspecified atom stereocenters. The highest BCUT2D eigenvalue weighted by molar-refractivity contribution is 5.77. The monoisotopic (exact) mass is 220 g/mol. The average molecular weight is 220 g/mol. The molecule has 0 aliphatic heterocycles. The van der Waals surface area contributed by atoms with Gasteiger partial charge in [-0.15, -0.1) is 0 Å². The Morgan fingerprint density at radius 2 is 1.73 bits per heavy atom. The maximum absolute atomic E-state index is 10.8. The molecule has 0 saturated heterocycles. The van der Waals surface area contributed by atoms with Gasteiger partial charge in [0.2, 0.25) is 11.8 Å². The zero-order chi connectivity index (χ0) is 12.1. The van der Waals surface area contributed by atoms with Crippen LogP contribution in [0, 0.1) is 5.92 Å². The third-order valence-electron chi connectivity index (χ3n) is 1.90. The summed E-state index contributed by atoms with van der Waals surface area (Å²) in [6.07, 6.45) is -0.0269. The fourth-order valence-corrected chi connectivity index (χ4v) is 1.20. The summed E-state index contributed by atoms with van der Waals surface area (Å²) >= 11 is 0. The van der Waals surface area contributed by atoms with Crippen molar-refractivity contribution in [1.82, 2.24) is 0 Å². The van der Waals surface area contributed by atoms with Gasteiger partial charge in [0.15, 0.2) is 0 Å². The SMILES string of the molecule is NC(=O)CCCC(CC(O)(O)O)C(N)=O. The number of hydrogen-bond acceptors (Lipinski definition) is 5. The van der Waals surface area contributed by atoms with Crippen LogP contribution in [-0.4, -0.2) is 33.1 Å². The Morgan fingerprint density at radius 1 is 1.20 bits per heavy atom. The first kappa shape index (κ1) is 13.8. The molecule has 1 atom stereocenters. The van der Waals surface area contributed by atoms with Crippen LogP contribution in [-0.2, 0) is 9.59 Å². The topological polar surface area (TPSA) is 147 Å². The van der Waals surface area contributed by atoms with E-state index < -0.39 is 30.1 Å². The lowest BCUT2D eigenvalue weighted by molar-refractivity contribution is -0.318. The van der Waals surface area contributed by atoms with E-state index in [9.17, 15) is 9.59 Å². The molecule has 0 radical (unpaired) electrons. The minimum absolute atomic E-state index is 0.0824. The van der Waals surface area contributed by atoms with Gasteiger partial charge < -0.3 is 26.8 Å². The quantitative estimate of drug-likeness (QED) is 0.308. The second-order valence-corrected chi connectivity index (χ2v) is 3.44. The van der Waals surface area contributed by atoms with Crippen molar-refractivity contribution in [2.75, 3.05) is 0 Å². The lowest BCUT2D eigenvalue weighted by atomic mass is 9.96.